The van der Waals surface area contributed by atoms with Gasteiger partial charge in [-0.05, 0) is 33.1 Å². The number of hydrogen-bond donors (Lipinski definition) is 1. The van der Waals surface area contributed by atoms with E-state index in [-0.39, 0.29) is 19.6 Å². The van der Waals surface area contributed by atoms with Gasteiger partial charge < -0.3 is 14.6 Å². The topological polar surface area (TPSA) is 72.8 Å². The average Bonchev–Trinajstić information content (AvgIpc) is 2.43. The maximum absolute atomic E-state index is 12.4. The van der Waals surface area contributed by atoms with Gasteiger partial charge in [0.1, 0.15) is 0 Å². The minimum atomic E-state index is -1.37. The Hall–Kier alpha value is -1.10. The van der Waals surface area contributed by atoms with Crippen molar-refractivity contribution in [1.82, 2.24) is 0 Å². The van der Waals surface area contributed by atoms with Gasteiger partial charge in [0, 0.05) is 5.92 Å². The molecule has 20 heavy (non-hydrogen) atoms. The van der Waals surface area contributed by atoms with Crippen molar-refractivity contribution in [2.24, 2.45) is 11.3 Å². The molecular weight excluding hydrogens is 260 g/mol. The standard InChI is InChI=1S/C15H26O5/c1-4-15(13(17)19-5-2,14(18)20-6-3)11-9-7-8-10-12(11)16/h11-12,16H,4-10H2,1-3H3. The molecular formula is C15H26O5. The lowest BCUT2D eigenvalue weighted by atomic mass is 9.65. The van der Waals surface area contributed by atoms with E-state index in [1.54, 1.807) is 20.8 Å². The van der Waals surface area contributed by atoms with Crippen molar-refractivity contribution in [3.63, 3.8) is 0 Å². The summed E-state index contributed by atoms with van der Waals surface area (Å²) in [4.78, 5) is 24.8. The summed E-state index contributed by atoms with van der Waals surface area (Å²) in [5, 5.41) is 10.3. The number of esters is 2. The molecule has 0 heterocycles. The monoisotopic (exact) mass is 286 g/mol. The molecule has 1 rings (SSSR count). The van der Waals surface area contributed by atoms with Crippen molar-refractivity contribution in [1.29, 1.82) is 0 Å². The zero-order valence-electron chi connectivity index (χ0n) is 12.7. The fraction of sp³-hybridized carbons (Fsp3) is 0.867. The molecule has 2 atom stereocenters. The molecule has 0 bridgehead atoms. The fourth-order valence-corrected chi connectivity index (χ4v) is 3.14. The summed E-state index contributed by atoms with van der Waals surface area (Å²) < 4.78 is 10.2. The predicted molar refractivity (Wildman–Crippen MR) is 74.0 cm³/mol. The molecule has 1 fully saturated rings. The number of aliphatic hydroxyl groups is 1. The Morgan fingerprint density at radius 2 is 1.55 bits per heavy atom. The van der Waals surface area contributed by atoms with Crippen LogP contribution in [0.5, 0.6) is 0 Å². The lowest BCUT2D eigenvalue weighted by Crippen LogP contribution is -2.52. The zero-order valence-corrected chi connectivity index (χ0v) is 12.7. The third-order valence-electron chi connectivity index (χ3n) is 4.20. The van der Waals surface area contributed by atoms with Gasteiger partial charge in [-0.25, -0.2) is 0 Å². The average molecular weight is 286 g/mol. The third kappa shape index (κ3) is 3.14. The fourth-order valence-electron chi connectivity index (χ4n) is 3.14. The number of hydrogen-bond acceptors (Lipinski definition) is 5. The normalized spacial score (nSPS) is 23.2. The van der Waals surface area contributed by atoms with Crippen LogP contribution in [0, 0.1) is 11.3 Å². The lowest BCUT2D eigenvalue weighted by molar-refractivity contribution is -0.183. The highest BCUT2D eigenvalue weighted by molar-refractivity contribution is 6.00. The summed E-state index contributed by atoms with van der Waals surface area (Å²) in [6, 6.07) is 0. The summed E-state index contributed by atoms with van der Waals surface area (Å²) >= 11 is 0. The molecule has 1 aliphatic rings. The van der Waals surface area contributed by atoms with E-state index in [9.17, 15) is 14.7 Å². The van der Waals surface area contributed by atoms with Crippen LogP contribution in [0.1, 0.15) is 52.9 Å². The zero-order chi connectivity index (χ0) is 15.2. The molecule has 5 heteroatoms. The Bertz CT molecular complexity index is 321. The summed E-state index contributed by atoms with van der Waals surface area (Å²) in [7, 11) is 0. The van der Waals surface area contributed by atoms with Crippen molar-refractivity contribution in [2.45, 2.75) is 59.0 Å². The van der Waals surface area contributed by atoms with E-state index < -0.39 is 29.4 Å². The molecule has 116 valence electrons. The first-order valence-electron chi connectivity index (χ1n) is 7.57. The molecule has 0 radical (unpaired) electrons. The Labute approximate surface area is 120 Å². The molecule has 0 amide bonds. The van der Waals surface area contributed by atoms with Gasteiger partial charge in [-0.2, -0.15) is 0 Å². The van der Waals surface area contributed by atoms with Crippen LogP contribution < -0.4 is 0 Å². The van der Waals surface area contributed by atoms with E-state index >= 15 is 0 Å². The van der Waals surface area contributed by atoms with Gasteiger partial charge >= 0.3 is 11.9 Å². The van der Waals surface area contributed by atoms with Gasteiger partial charge in [0.05, 0.1) is 19.3 Å². The van der Waals surface area contributed by atoms with Crippen LogP contribution in [-0.4, -0.2) is 36.4 Å². The largest absolute Gasteiger partial charge is 0.465 e. The molecule has 2 unspecified atom stereocenters. The summed E-state index contributed by atoms with van der Waals surface area (Å²) in [6.07, 6.45) is 2.72. The maximum atomic E-state index is 12.4. The van der Waals surface area contributed by atoms with E-state index in [4.69, 9.17) is 9.47 Å². The molecule has 0 saturated heterocycles. The van der Waals surface area contributed by atoms with E-state index in [2.05, 4.69) is 0 Å². The lowest BCUT2D eigenvalue weighted by Gasteiger charge is -2.40. The molecule has 0 aromatic carbocycles. The van der Waals surface area contributed by atoms with E-state index in [1.165, 1.54) is 0 Å². The van der Waals surface area contributed by atoms with Crippen LogP contribution in [-0.2, 0) is 19.1 Å². The van der Waals surface area contributed by atoms with Crippen molar-refractivity contribution in [2.75, 3.05) is 13.2 Å². The summed E-state index contributed by atoms with van der Waals surface area (Å²) in [5.41, 5.74) is -1.37. The molecule has 1 saturated carbocycles. The minimum Gasteiger partial charge on any atom is -0.465 e. The smallest absolute Gasteiger partial charge is 0.323 e. The van der Waals surface area contributed by atoms with Crippen LogP contribution in [0.3, 0.4) is 0 Å². The predicted octanol–water partition coefficient (Wildman–Crippen LogP) is 2.06. The first-order valence-corrected chi connectivity index (χ1v) is 7.57. The van der Waals surface area contributed by atoms with Gasteiger partial charge in [0.25, 0.3) is 0 Å². The third-order valence-corrected chi connectivity index (χ3v) is 4.20. The van der Waals surface area contributed by atoms with Crippen LogP contribution in [0.25, 0.3) is 0 Å². The Kier molecular flexibility index (Phi) is 6.46. The van der Waals surface area contributed by atoms with Crippen molar-refractivity contribution >= 4 is 11.9 Å². The van der Waals surface area contributed by atoms with E-state index in [1.807, 2.05) is 0 Å². The first kappa shape index (κ1) is 17.0. The highest BCUT2D eigenvalue weighted by Gasteiger charge is 2.55. The van der Waals surface area contributed by atoms with Gasteiger partial charge in [-0.3, -0.25) is 9.59 Å². The SMILES string of the molecule is CCOC(=O)C(CC)(C(=O)OCC)C1CCCCC1O. The molecule has 0 aromatic rings. The maximum Gasteiger partial charge on any atom is 0.323 e. The Morgan fingerprint density at radius 1 is 1.05 bits per heavy atom. The van der Waals surface area contributed by atoms with Crippen LogP contribution >= 0.6 is 0 Å². The highest BCUT2D eigenvalue weighted by Crippen LogP contribution is 2.43. The quantitative estimate of drug-likeness (QED) is 0.597. The molecule has 0 aromatic heterocycles. The highest BCUT2D eigenvalue weighted by atomic mass is 16.6. The number of rotatable bonds is 6. The molecule has 0 aliphatic heterocycles. The van der Waals surface area contributed by atoms with E-state index in [0.29, 0.717) is 12.8 Å². The first-order chi connectivity index (χ1) is 9.54. The molecule has 5 nitrogen and oxygen atoms in total. The van der Waals surface area contributed by atoms with Crippen molar-refractivity contribution in [3.05, 3.63) is 0 Å². The Balaban J connectivity index is 3.14. The van der Waals surface area contributed by atoms with Crippen LogP contribution in [0.4, 0.5) is 0 Å². The second kappa shape index (κ2) is 7.62. The van der Waals surface area contributed by atoms with Crippen molar-refractivity contribution in [3.8, 4) is 0 Å². The Morgan fingerprint density at radius 3 is 1.95 bits per heavy atom. The van der Waals surface area contributed by atoms with E-state index in [0.717, 1.165) is 12.8 Å². The number of carbonyl (C=O) groups is 2. The number of aliphatic hydroxyl groups excluding tert-OH is 1. The second-order valence-electron chi connectivity index (χ2n) is 5.22. The summed E-state index contributed by atoms with van der Waals surface area (Å²) in [5.74, 6) is -1.54. The van der Waals surface area contributed by atoms with Gasteiger partial charge in [-0.1, -0.05) is 19.8 Å². The molecule has 1 N–H and O–H groups in total. The van der Waals surface area contributed by atoms with Gasteiger partial charge in [0.2, 0.25) is 0 Å². The number of carbonyl (C=O) groups excluding carboxylic acids is 2. The van der Waals surface area contributed by atoms with Crippen molar-refractivity contribution < 1.29 is 24.2 Å². The summed E-state index contributed by atoms with van der Waals surface area (Å²) in [6.45, 7) is 5.61. The molecule has 1 aliphatic carbocycles. The van der Waals surface area contributed by atoms with Crippen LogP contribution in [0.2, 0.25) is 0 Å². The minimum absolute atomic E-state index is 0.211. The van der Waals surface area contributed by atoms with Crippen LogP contribution in [0.15, 0.2) is 0 Å². The van der Waals surface area contributed by atoms with Gasteiger partial charge in [-0.15, -0.1) is 0 Å². The molecule has 0 spiro atoms. The van der Waals surface area contributed by atoms with Gasteiger partial charge in [0.15, 0.2) is 5.41 Å². The second-order valence-corrected chi connectivity index (χ2v) is 5.22. The number of ether oxygens (including phenoxy) is 2.